The number of carbonyl (C=O) groups excluding carboxylic acids is 1. The van der Waals surface area contributed by atoms with Crippen molar-refractivity contribution >= 4 is 50.9 Å². The van der Waals surface area contributed by atoms with Crippen LogP contribution in [-0.4, -0.2) is 50.6 Å². The summed E-state index contributed by atoms with van der Waals surface area (Å²) in [6.45, 7) is 3.34. The number of amides is 1. The first-order valence-corrected chi connectivity index (χ1v) is 18.2. The van der Waals surface area contributed by atoms with E-state index >= 15 is 4.39 Å². The number of rotatable bonds is 8. The van der Waals surface area contributed by atoms with Crippen LogP contribution in [0.2, 0.25) is 10.0 Å². The Morgan fingerprint density at radius 2 is 1.96 bits per heavy atom. The van der Waals surface area contributed by atoms with Crippen molar-refractivity contribution in [2.45, 2.75) is 69.7 Å². The summed E-state index contributed by atoms with van der Waals surface area (Å²) in [6.07, 6.45) is 7.31. The summed E-state index contributed by atoms with van der Waals surface area (Å²) in [5.74, 6) is 0.895. The molecule has 8 nitrogen and oxygen atoms in total. The number of hydrogen-bond donors (Lipinski definition) is 1. The number of fused-ring (bicyclic) bond motifs is 4. The van der Waals surface area contributed by atoms with Crippen LogP contribution in [0, 0.1) is 35.9 Å². The van der Waals surface area contributed by atoms with E-state index in [-0.39, 0.29) is 53.0 Å². The molecule has 254 valence electrons. The molecular formula is C39H35Cl2FN6O2. The number of hydrogen-bond acceptors (Lipinski definition) is 6. The van der Waals surface area contributed by atoms with Gasteiger partial charge in [0.1, 0.15) is 17.4 Å². The molecular weight excluding hydrogens is 674 g/mol. The topological polar surface area (TPSA) is 96.1 Å². The van der Waals surface area contributed by atoms with Gasteiger partial charge in [0.2, 0.25) is 5.91 Å². The van der Waals surface area contributed by atoms with Crippen molar-refractivity contribution in [2.24, 2.45) is 11.8 Å². The molecule has 6 heterocycles. The first-order valence-electron chi connectivity index (χ1n) is 17.4. The number of likely N-dealkylation sites (tertiary alicyclic amines) is 1. The number of benzene rings is 2. The lowest BCUT2D eigenvalue weighted by atomic mass is 9.79. The quantitative estimate of drug-likeness (QED) is 0.175. The number of nitriles is 1. The number of pyridine rings is 2. The number of ether oxygens (including phenoxy) is 1. The van der Waals surface area contributed by atoms with E-state index in [0.29, 0.717) is 58.1 Å². The Labute approximate surface area is 299 Å². The largest absolute Gasteiger partial charge is 0.488 e. The van der Waals surface area contributed by atoms with E-state index < -0.39 is 5.82 Å². The Morgan fingerprint density at radius 1 is 1.14 bits per heavy atom. The Morgan fingerprint density at radius 3 is 2.68 bits per heavy atom. The van der Waals surface area contributed by atoms with Gasteiger partial charge >= 0.3 is 0 Å². The molecule has 0 spiro atoms. The number of nitrogens with one attached hydrogen (secondary N) is 1. The molecule has 1 N–H and O–H groups in total. The molecule has 10 rings (SSSR count). The zero-order chi connectivity index (χ0) is 34.3. The van der Waals surface area contributed by atoms with E-state index in [1.54, 1.807) is 30.6 Å². The Bertz CT molecular complexity index is 2220. The van der Waals surface area contributed by atoms with Crippen LogP contribution < -0.4 is 10.1 Å². The summed E-state index contributed by atoms with van der Waals surface area (Å²) in [5, 5.41) is 15.5. The standard InChI is InChI=1S/C39H35Cl2FN6O2/c1-20-27-17-32(31-16-25(50-24-9-12-44-13-10-24)19-47(31)39(49)21-7-8-21)48(37-23-15-30(37)45-18-23)38(27)28-14-22(4-3-11-43)33(35(42)36(28)46-20)26-5-2-6-29(40)34(26)41/h2,5-6,9-10,12-14,17,21,23,25,30-31,37,45H,3-4,7-8,15-16,18-19H2,1H3/t23-,25+,30-,31-,37+/m1/s1. The molecule has 3 saturated heterocycles. The minimum absolute atomic E-state index is 0.0503. The van der Waals surface area contributed by atoms with Crippen LogP contribution in [0.25, 0.3) is 32.9 Å². The lowest BCUT2D eigenvalue weighted by Crippen LogP contribution is -2.41. The van der Waals surface area contributed by atoms with Crippen LogP contribution in [0.5, 0.6) is 5.75 Å². The van der Waals surface area contributed by atoms with E-state index in [1.807, 2.05) is 30.0 Å². The van der Waals surface area contributed by atoms with Crippen LogP contribution in [0.1, 0.15) is 61.1 Å². The van der Waals surface area contributed by atoms with E-state index in [1.165, 1.54) is 0 Å². The number of halogens is 3. The van der Waals surface area contributed by atoms with Crippen molar-refractivity contribution in [1.29, 1.82) is 5.26 Å². The van der Waals surface area contributed by atoms with Gasteiger partial charge in [-0.15, -0.1) is 0 Å². The van der Waals surface area contributed by atoms with Crippen molar-refractivity contribution < 1.29 is 13.9 Å². The molecule has 5 atom stereocenters. The van der Waals surface area contributed by atoms with Crippen LogP contribution in [0.4, 0.5) is 4.39 Å². The van der Waals surface area contributed by atoms with Gasteiger partial charge in [0.15, 0.2) is 5.82 Å². The lowest BCUT2D eigenvalue weighted by Gasteiger charge is -2.39. The van der Waals surface area contributed by atoms with E-state index in [0.717, 1.165) is 48.2 Å². The van der Waals surface area contributed by atoms with Gasteiger partial charge in [0, 0.05) is 77.0 Å². The van der Waals surface area contributed by atoms with Crippen molar-refractivity contribution in [3.05, 3.63) is 87.7 Å². The minimum Gasteiger partial charge on any atom is -0.488 e. The summed E-state index contributed by atoms with van der Waals surface area (Å²) in [4.78, 5) is 25.0. The molecule has 2 aromatic carbocycles. The highest BCUT2D eigenvalue weighted by molar-refractivity contribution is 6.43. The second kappa shape index (κ2) is 12.2. The van der Waals surface area contributed by atoms with E-state index in [9.17, 15) is 10.1 Å². The lowest BCUT2D eigenvalue weighted by molar-refractivity contribution is -0.133. The number of aromatic nitrogens is 3. The highest BCUT2D eigenvalue weighted by atomic mass is 35.5. The fraction of sp³-hybridized carbons (Fsp3) is 0.385. The van der Waals surface area contributed by atoms with E-state index in [2.05, 4.69) is 27.0 Å². The Hall–Kier alpha value is -4.23. The minimum atomic E-state index is -0.481. The highest BCUT2D eigenvalue weighted by Crippen LogP contribution is 2.51. The summed E-state index contributed by atoms with van der Waals surface area (Å²) >= 11 is 13.1. The molecule has 5 fully saturated rings. The molecule has 3 aliphatic heterocycles. The Kier molecular flexibility index (Phi) is 7.76. The molecule has 0 unspecified atom stereocenters. The molecule has 50 heavy (non-hydrogen) atoms. The predicted octanol–water partition coefficient (Wildman–Crippen LogP) is 8.13. The van der Waals surface area contributed by atoms with Gasteiger partial charge in [-0.1, -0.05) is 35.3 Å². The van der Waals surface area contributed by atoms with Gasteiger partial charge in [0.25, 0.3) is 0 Å². The van der Waals surface area contributed by atoms with Gasteiger partial charge in [-0.3, -0.25) is 9.78 Å². The summed E-state index contributed by atoms with van der Waals surface area (Å²) in [6, 6.07) is 15.5. The van der Waals surface area contributed by atoms with Crippen molar-refractivity contribution in [3.63, 3.8) is 0 Å². The number of aryl methyl sites for hydroxylation is 2. The number of carbonyl (C=O) groups is 1. The van der Waals surface area contributed by atoms with Gasteiger partial charge in [-0.05, 0) is 74.4 Å². The molecule has 2 aliphatic carbocycles. The molecule has 0 radical (unpaired) electrons. The van der Waals surface area contributed by atoms with Crippen molar-refractivity contribution in [2.75, 3.05) is 13.1 Å². The molecule has 2 saturated carbocycles. The zero-order valence-electron chi connectivity index (χ0n) is 27.5. The van der Waals surface area contributed by atoms with Gasteiger partial charge in [-0.25, -0.2) is 9.37 Å². The fourth-order valence-electron chi connectivity index (χ4n) is 8.68. The van der Waals surface area contributed by atoms with Crippen LogP contribution in [-0.2, 0) is 11.2 Å². The molecule has 5 aromatic rings. The van der Waals surface area contributed by atoms with Gasteiger partial charge in [-0.2, -0.15) is 5.26 Å². The summed E-state index contributed by atoms with van der Waals surface area (Å²) < 4.78 is 26.0. The van der Waals surface area contributed by atoms with Crippen LogP contribution in [0.3, 0.4) is 0 Å². The first kappa shape index (κ1) is 31.7. The monoisotopic (exact) mass is 708 g/mol. The average Bonchev–Trinajstić information content (AvgIpc) is 3.40. The highest BCUT2D eigenvalue weighted by Gasteiger charge is 2.51. The molecule has 3 aromatic heterocycles. The van der Waals surface area contributed by atoms with Crippen LogP contribution in [0.15, 0.2) is 54.9 Å². The summed E-state index contributed by atoms with van der Waals surface area (Å²) in [7, 11) is 0. The second-order valence-electron chi connectivity index (χ2n) is 14.2. The molecule has 1 amide bonds. The van der Waals surface area contributed by atoms with E-state index in [4.69, 9.17) is 32.9 Å². The number of nitrogens with zero attached hydrogens (tertiary/aromatic N) is 5. The molecule has 5 aliphatic rings. The third-order valence-electron chi connectivity index (χ3n) is 11.2. The molecule has 11 heteroatoms. The predicted molar refractivity (Wildman–Crippen MR) is 191 cm³/mol. The van der Waals surface area contributed by atoms with Crippen LogP contribution >= 0.6 is 23.2 Å². The SMILES string of the molecule is Cc1nc2c(F)c(-c3cccc(Cl)c3Cl)c(CCC#N)cc2c2c1cc([C@H]1C[C@H](Oc3ccncc3)CN1C(=O)C1CC1)n2[C@H]1[C@H]2CN[C@@H]1C2. The van der Waals surface area contributed by atoms with Crippen molar-refractivity contribution in [1.82, 2.24) is 24.8 Å². The Balaban J connectivity index is 1.27. The molecule has 2 bridgehead atoms. The maximum atomic E-state index is 17.1. The first-order chi connectivity index (χ1) is 24.3. The third kappa shape index (κ3) is 5.06. The second-order valence-corrected chi connectivity index (χ2v) is 15.0. The van der Waals surface area contributed by atoms with Gasteiger partial charge < -0.3 is 19.5 Å². The fourth-order valence-corrected chi connectivity index (χ4v) is 9.07. The van der Waals surface area contributed by atoms with Crippen molar-refractivity contribution in [3.8, 4) is 22.9 Å². The smallest absolute Gasteiger partial charge is 0.226 e. The maximum Gasteiger partial charge on any atom is 0.226 e. The average molecular weight is 710 g/mol. The summed E-state index contributed by atoms with van der Waals surface area (Å²) in [5.41, 5.74) is 4.40. The maximum absolute atomic E-state index is 17.1. The third-order valence-corrected chi connectivity index (χ3v) is 12.0. The van der Waals surface area contributed by atoms with Gasteiger partial charge in [0.05, 0.1) is 40.3 Å². The normalized spacial score (nSPS) is 24.1. The zero-order valence-corrected chi connectivity index (χ0v) is 29.0.